The lowest BCUT2D eigenvalue weighted by molar-refractivity contribution is 0.745. The Morgan fingerprint density at radius 1 is 0.431 bits per heavy atom. The number of rotatable bonds is 4. The second-order valence-corrected chi connectivity index (χ2v) is 17.7. The number of benzene rings is 8. The van der Waals surface area contributed by atoms with Crippen LogP contribution in [0.4, 0.5) is 11.4 Å². The fourth-order valence-electron chi connectivity index (χ4n) is 10.1. The number of hydrogen-bond donors (Lipinski definition) is 0. The highest BCUT2D eigenvalue weighted by atomic mass is 32.1. The SMILES string of the molecule is C1=CC2c3cccc(-c4cccc5c4c4ccccc4n5-c4cc(-c5ccc6sc7ccccc7c6c5)c5sc6ccccc6c5c4)c3N(c3ccccc3)C2C=C1. The molecular formula is C54H34N2S2. The molecule has 0 fully saturated rings. The first kappa shape index (κ1) is 32.4. The summed E-state index contributed by atoms with van der Waals surface area (Å²) < 4.78 is 7.82. The minimum Gasteiger partial charge on any atom is -0.333 e. The van der Waals surface area contributed by atoms with Crippen molar-refractivity contribution in [2.45, 2.75) is 12.0 Å². The summed E-state index contributed by atoms with van der Waals surface area (Å²) in [6, 6.07) is 63.7. The maximum absolute atomic E-state index is 2.57. The van der Waals surface area contributed by atoms with Crippen molar-refractivity contribution in [2.24, 2.45) is 0 Å². The van der Waals surface area contributed by atoms with Gasteiger partial charge < -0.3 is 9.47 Å². The lowest BCUT2D eigenvalue weighted by Crippen LogP contribution is -2.28. The third-order valence-corrected chi connectivity index (χ3v) is 14.9. The lowest BCUT2D eigenvalue weighted by Gasteiger charge is -2.29. The van der Waals surface area contributed by atoms with Crippen LogP contribution >= 0.6 is 22.7 Å². The molecule has 0 amide bonds. The Bertz CT molecular complexity index is 3540. The molecule has 0 N–H and O–H groups in total. The molecule has 0 radical (unpaired) electrons. The van der Waals surface area contributed by atoms with Crippen molar-refractivity contribution in [1.29, 1.82) is 0 Å². The maximum Gasteiger partial charge on any atom is 0.0629 e. The lowest BCUT2D eigenvalue weighted by atomic mass is 9.89. The molecule has 272 valence electrons. The highest BCUT2D eigenvalue weighted by molar-refractivity contribution is 7.26. The van der Waals surface area contributed by atoms with Gasteiger partial charge in [-0.15, -0.1) is 22.7 Å². The standard InChI is InChI=1S/C54H34N2S2/c1-2-14-34(15-3-1)56-46-23-8-4-16-36(46)40-21-12-22-41(53(40)56)39-20-13-25-48-52(39)42-19-5-9-24-47(42)55(48)35-31-43(54-45(32-35)38-18-7-11-27-50(38)58-54)33-28-29-51-44(30-33)37-17-6-10-26-49(37)57-51/h1-32,36,46H. The van der Waals surface area contributed by atoms with E-state index in [-0.39, 0.29) is 12.0 Å². The first-order chi connectivity index (χ1) is 28.8. The van der Waals surface area contributed by atoms with E-state index in [9.17, 15) is 0 Å². The molecule has 0 saturated carbocycles. The van der Waals surface area contributed by atoms with Crippen molar-refractivity contribution in [3.05, 3.63) is 200 Å². The minimum absolute atomic E-state index is 0.223. The molecule has 0 bridgehead atoms. The van der Waals surface area contributed by atoms with Crippen molar-refractivity contribution in [3.8, 4) is 27.9 Å². The number of allylic oxidation sites excluding steroid dienone is 2. The molecule has 2 atom stereocenters. The second-order valence-electron chi connectivity index (χ2n) is 15.6. The Morgan fingerprint density at radius 2 is 1.12 bits per heavy atom. The van der Waals surface area contributed by atoms with Gasteiger partial charge in [0.05, 0.1) is 22.8 Å². The topological polar surface area (TPSA) is 8.17 Å². The largest absolute Gasteiger partial charge is 0.333 e. The molecule has 4 heterocycles. The number of hydrogen-bond acceptors (Lipinski definition) is 3. The van der Waals surface area contributed by atoms with Gasteiger partial charge in [-0.05, 0) is 77.4 Å². The first-order valence-electron chi connectivity index (χ1n) is 20.0. The first-order valence-corrected chi connectivity index (χ1v) is 21.6. The van der Waals surface area contributed by atoms with E-state index in [0.29, 0.717) is 0 Å². The van der Waals surface area contributed by atoms with Gasteiger partial charge in [0.25, 0.3) is 0 Å². The summed E-state index contributed by atoms with van der Waals surface area (Å²) in [6.45, 7) is 0. The van der Waals surface area contributed by atoms with Crippen LogP contribution in [-0.2, 0) is 0 Å². The Labute approximate surface area is 343 Å². The van der Waals surface area contributed by atoms with E-state index in [1.807, 2.05) is 22.7 Å². The fourth-order valence-corrected chi connectivity index (χ4v) is 12.4. The van der Waals surface area contributed by atoms with Crippen LogP contribution in [0.25, 0.3) is 90.1 Å². The number of aromatic nitrogens is 1. The van der Waals surface area contributed by atoms with Gasteiger partial charge in [-0.1, -0.05) is 133 Å². The second kappa shape index (κ2) is 12.4. The number of thiophene rings is 2. The van der Waals surface area contributed by atoms with Gasteiger partial charge in [-0.25, -0.2) is 0 Å². The Morgan fingerprint density at radius 3 is 2.00 bits per heavy atom. The van der Waals surface area contributed by atoms with E-state index in [2.05, 4.69) is 204 Å². The van der Waals surface area contributed by atoms with Crippen LogP contribution in [0.15, 0.2) is 194 Å². The Hall–Kier alpha value is -6.72. The van der Waals surface area contributed by atoms with Crippen molar-refractivity contribution < 1.29 is 0 Å². The third-order valence-electron chi connectivity index (χ3n) is 12.5. The zero-order valence-electron chi connectivity index (χ0n) is 31.3. The van der Waals surface area contributed by atoms with Crippen molar-refractivity contribution in [3.63, 3.8) is 0 Å². The van der Waals surface area contributed by atoms with Crippen LogP contribution in [0.5, 0.6) is 0 Å². The van der Waals surface area contributed by atoms with Crippen LogP contribution in [-0.4, -0.2) is 10.6 Å². The van der Waals surface area contributed by atoms with Crippen molar-refractivity contribution >= 4 is 96.2 Å². The average molecular weight is 775 g/mol. The molecule has 0 saturated heterocycles. The number of anilines is 2. The molecule has 2 unspecified atom stereocenters. The number of fused-ring (bicyclic) bond motifs is 12. The maximum atomic E-state index is 2.57. The Kier molecular flexibility index (Phi) is 6.91. The molecule has 58 heavy (non-hydrogen) atoms. The van der Waals surface area contributed by atoms with Gasteiger partial charge in [-0.3, -0.25) is 0 Å². The summed E-state index contributed by atoms with van der Waals surface area (Å²) in [6.07, 6.45) is 9.17. The molecule has 0 spiro atoms. The summed E-state index contributed by atoms with van der Waals surface area (Å²) >= 11 is 3.78. The van der Waals surface area contributed by atoms with Crippen LogP contribution in [0.2, 0.25) is 0 Å². The quantitative estimate of drug-likeness (QED) is 0.173. The van der Waals surface area contributed by atoms with Gasteiger partial charge >= 0.3 is 0 Å². The summed E-state index contributed by atoms with van der Waals surface area (Å²) in [5.41, 5.74) is 12.5. The van der Waals surface area contributed by atoms with E-state index in [4.69, 9.17) is 0 Å². The number of para-hydroxylation sites is 3. The average Bonchev–Trinajstić information content (AvgIpc) is 4.04. The van der Waals surface area contributed by atoms with Gasteiger partial charge in [0, 0.05) is 79.5 Å². The molecule has 1 aliphatic carbocycles. The van der Waals surface area contributed by atoms with Crippen molar-refractivity contribution in [2.75, 3.05) is 4.90 Å². The smallest absolute Gasteiger partial charge is 0.0629 e. The zero-order chi connectivity index (χ0) is 37.9. The molecule has 3 aromatic heterocycles. The van der Waals surface area contributed by atoms with E-state index in [1.165, 1.54) is 107 Å². The zero-order valence-corrected chi connectivity index (χ0v) is 33.0. The monoisotopic (exact) mass is 774 g/mol. The van der Waals surface area contributed by atoms with E-state index >= 15 is 0 Å². The van der Waals surface area contributed by atoms with Crippen LogP contribution in [0, 0.1) is 0 Å². The molecule has 13 rings (SSSR count). The van der Waals surface area contributed by atoms with Crippen LogP contribution < -0.4 is 4.90 Å². The Balaban J connectivity index is 1.09. The highest BCUT2D eigenvalue weighted by Gasteiger charge is 2.39. The summed E-state index contributed by atoms with van der Waals surface area (Å²) in [4.78, 5) is 2.57. The van der Waals surface area contributed by atoms with Crippen LogP contribution in [0.3, 0.4) is 0 Å². The third kappa shape index (κ3) is 4.59. The summed E-state index contributed by atoms with van der Waals surface area (Å²) in [5.74, 6) is 0.289. The normalized spacial score (nSPS) is 16.1. The molecule has 2 aliphatic rings. The molecule has 11 aromatic rings. The minimum atomic E-state index is 0.223. The van der Waals surface area contributed by atoms with Crippen molar-refractivity contribution in [1.82, 2.24) is 4.57 Å². The van der Waals surface area contributed by atoms with Gasteiger partial charge in [0.15, 0.2) is 0 Å². The summed E-state index contributed by atoms with van der Waals surface area (Å²) in [7, 11) is 0. The molecule has 4 heteroatoms. The molecule has 1 aliphatic heterocycles. The van der Waals surface area contributed by atoms with Gasteiger partial charge in [0.2, 0.25) is 0 Å². The summed E-state index contributed by atoms with van der Waals surface area (Å²) in [5, 5.41) is 7.80. The molecular weight excluding hydrogens is 741 g/mol. The molecule has 8 aromatic carbocycles. The predicted molar refractivity (Wildman–Crippen MR) is 251 cm³/mol. The van der Waals surface area contributed by atoms with Crippen LogP contribution in [0.1, 0.15) is 11.5 Å². The van der Waals surface area contributed by atoms with Gasteiger partial charge in [0.1, 0.15) is 0 Å². The van der Waals surface area contributed by atoms with E-state index in [1.54, 1.807) is 0 Å². The van der Waals surface area contributed by atoms with E-state index in [0.717, 1.165) is 0 Å². The highest BCUT2D eigenvalue weighted by Crippen LogP contribution is 2.53. The van der Waals surface area contributed by atoms with Gasteiger partial charge in [-0.2, -0.15) is 0 Å². The van der Waals surface area contributed by atoms with E-state index < -0.39 is 0 Å². The number of nitrogens with zero attached hydrogens (tertiary/aromatic N) is 2. The fraction of sp³-hybridized carbons (Fsp3) is 0.0370. The predicted octanol–water partition coefficient (Wildman–Crippen LogP) is 15.6. The molecule has 2 nitrogen and oxygen atoms in total.